The Kier molecular flexibility index (Phi) is 3.35. The van der Waals surface area contributed by atoms with Gasteiger partial charge in [-0.15, -0.1) is 0 Å². The zero-order valence-electron chi connectivity index (χ0n) is 5.03. The van der Waals surface area contributed by atoms with Crippen molar-refractivity contribution in [1.29, 1.82) is 0 Å². The molecular weight excluding hydrogens is 152 g/mol. The van der Waals surface area contributed by atoms with Crippen molar-refractivity contribution in [2.45, 2.75) is 20.8 Å². The Morgan fingerprint density at radius 2 is 2.00 bits per heavy atom. The van der Waals surface area contributed by atoms with E-state index in [-0.39, 0.29) is 0 Å². The fraction of sp³-hybridized carbons (Fsp3) is 0.667. The molecule has 0 heterocycles. The quantitative estimate of drug-likeness (QED) is 0.557. The van der Waals surface area contributed by atoms with Crippen LogP contribution in [-0.2, 0) is 0 Å². The van der Waals surface area contributed by atoms with E-state index in [1.54, 1.807) is 0 Å². The average Bonchev–Trinajstić information content (AvgIpc) is 1.65. The van der Waals surface area contributed by atoms with Crippen LogP contribution in [0.25, 0.3) is 0 Å². The van der Waals surface area contributed by atoms with Gasteiger partial charge in [0.05, 0.1) is 0 Å². The standard InChI is InChI=1S/C6H11Br/c1-4-6(7)5(2)3/h4-5H,1-3H3/b6-4+. The molecule has 0 unspecified atom stereocenters. The molecule has 0 nitrogen and oxygen atoms in total. The minimum Gasteiger partial charge on any atom is -0.0772 e. The van der Waals surface area contributed by atoms with Gasteiger partial charge in [0.1, 0.15) is 0 Å². The van der Waals surface area contributed by atoms with Gasteiger partial charge < -0.3 is 0 Å². The molecule has 0 saturated carbocycles. The van der Waals surface area contributed by atoms with E-state index in [2.05, 4.69) is 35.9 Å². The fourth-order valence-electron chi connectivity index (χ4n) is 0.333. The number of hydrogen-bond donors (Lipinski definition) is 0. The lowest BCUT2D eigenvalue weighted by Gasteiger charge is -1.98. The maximum atomic E-state index is 3.40. The number of hydrogen-bond acceptors (Lipinski definition) is 0. The maximum absolute atomic E-state index is 3.40. The molecule has 42 valence electrons. The summed E-state index contributed by atoms with van der Waals surface area (Å²) < 4.78 is 1.28. The molecule has 7 heavy (non-hydrogen) atoms. The van der Waals surface area contributed by atoms with Gasteiger partial charge in [-0.2, -0.15) is 0 Å². The molecule has 0 fully saturated rings. The second-order valence-corrected chi connectivity index (χ2v) is 2.74. The van der Waals surface area contributed by atoms with Crippen molar-refractivity contribution in [1.82, 2.24) is 0 Å². The van der Waals surface area contributed by atoms with E-state index in [0.717, 1.165) is 0 Å². The molecule has 0 spiro atoms. The summed E-state index contributed by atoms with van der Waals surface area (Å²) in [6.07, 6.45) is 2.07. The van der Waals surface area contributed by atoms with Gasteiger partial charge in [0, 0.05) is 0 Å². The van der Waals surface area contributed by atoms with Crippen molar-refractivity contribution in [3.05, 3.63) is 10.6 Å². The zero-order valence-corrected chi connectivity index (χ0v) is 6.62. The predicted molar refractivity (Wildman–Crippen MR) is 37.5 cm³/mol. The van der Waals surface area contributed by atoms with Crippen LogP contribution in [0.5, 0.6) is 0 Å². The first-order chi connectivity index (χ1) is 3.18. The molecule has 0 aromatic heterocycles. The third-order valence-electron chi connectivity index (χ3n) is 0.827. The van der Waals surface area contributed by atoms with E-state index in [4.69, 9.17) is 0 Å². The van der Waals surface area contributed by atoms with E-state index < -0.39 is 0 Å². The summed E-state index contributed by atoms with van der Waals surface area (Å²) in [7, 11) is 0. The van der Waals surface area contributed by atoms with E-state index in [1.807, 2.05) is 6.92 Å². The first-order valence-electron chi connectivity index (χ1n) is 2.50. The summed E-state index contributed by atoms with van der Waals surface area (Å²) in [5.41, 5.74) is 0. The van der Waals surface area contributed by atoms with Crippen molar-refractivity contribution in [2.24, 2.45) is 5.92 Å². The molecule has 0 aromatic rings. The summed E-state index contributed by atoms with van der Waals surface area (Å²) in [5.74, 6) is 0.644. The highest BCUT2D eigenvalue weighted by atomic mass is 79.9. The van der Waals surface area contributed by atoms with Crippen LogP contribution in [0.15, 0.2) is 10.6 Å². The normalized spacial score (nSPS) is 13.0. The lowest BCUT2D eigenvalue weighted by molar-refractivity contribution is 0.819. The first kappa shape index (κ1) is 7.22. The van der Waals surface area contributed by atoms with Gasteiger partial charge in [-0.1, -0.05) is 35.9 Å². The largest absolute Gasteiger partial charge is 0.0772 e. The topological polar surface area (TPSA) is 0 Å². The SMILES string of the molecule is C/C=C(/Br)C(C)C. The minimum atomic E-state index is 0.644. The molecule has 0 aromatic carbocycles. The van der Waals surface area contributed by atoms with Gasteiger partial charge >= 0.3 is 0 Å². The van der Waals surface area contributed by atoms with Crippen LogP contribution in [-0.4, -0.2) is 0 Å². The molecule has 0 radical (unpaired) electrons. The Labute approximate surface area is 53.7 Å². The van der Waals surface area contributed by atoms with E-state index in [1.165, 1.54) is 4.48 Å². The molecule has 0 amide bonds. The van der Waals surface area contributed by atoms with Gasteiger partial charge in [-0.05, 0) is 17.3 Å². The monoisotopic (exact) mass is 162 g/mol. The fourth-order valence-corrected chi connectivity index (χ4v) is 0.333. The first-order valence-corrected chi connectivity index (χ1v) is 3.29. The molecule has 0 aliphatic carbocycles. The summed E-state index contributed by atoms with van der Waals surface area (Å²) in [4.78, 5) is 0. The Hall–Kier alpha value is 0.220. The van der Waals surface area contributed by atoms with Crippen molar-refractivity contribution in [3.8, 4) is 0 Å². The molecule has 0 rings (SSSR count). The second-order valence-electron chi connectivity index (χ2n) is 1.83. The molecular formula is C6H11Br. The van der Waals surface area contributed by atoms with Gasteiger partial charge in [0.15, 0.2) is 0 Å². The predicted octanol–water partition coefficient (Wildman–Crippen LogP) is 2.94. The van der Waals surface area contributed by atoms with E-state index in [0.29, 0.717) is 5.92 Å². The lowest BCUT2D eigenvalue weighted by atomic mass is 10.2. The highest BCUT2D eigenvalue weighted by molar-refractivity contribution is 9.11. The van der Waals surface area contributed by atoms with Crippen LogP contribution < -0.4 is 0 Å². The Morgan fingerprint density at radius 1 is 1.57 bits per heavy atom. The number of rotatable bonds is 1. The summed E-state index contributed by atoms with van der Waals surface area (Å²) >= 11 is 3.40. The van der Waals surface area contributed by atoms with Gasteiger partial charge in [-0.25, -0.2) is 0 Å². The van der Waals surface area contributed by atoms with Crippen LogP contribution in [0.1, 0.15) is 20.8 Å². The van der Waals surface area contributed by atoms with Crippen LogP contribution in [0.2, 0.25) is 0 Å². The number of allylic oxidation sites excluding steroid dienone is 2. The van der Waals surface area contributed by atoms with Crippen LogP contribution >= 0.6 is 15.9 Å². The molecule has 0 saturated heterocycles. The van der Waals surface area contributed by atoms with Crippen molar-refractivity contribution in [2.75, 3.05) is 0 Å². The van der Waals surface area contributed by atoms with Crippen molar-refractivity contribution >= 4 is 15.9 Å². The van der Waals surface area contributed by atoms with Crippen molar-refractivity contribution in [3.63, 3.8) is 0 Å². The van der Waals surface area contributed by atoms with Crippen molar-refractivity contribution < 1.29 is 0 Å². The third kappa shape index (κ3) is 2.86. The Bertz CT molecular complexity index is 72.2. The molecule has 1 heteroatoms. The smallest absolute Gasteiger partial charge is 0.00665 e. The Morgan fingerprint density at radius 3 is 2.00 bits per heavy atom. The highest BCUT2D eigenvalue weighted by Gasteiger charge is 1.92. The van der Waals surface area contributed by atoms with E-state index in [9.17, 15) is 0 Å². The van der Waals surface area contributed by atoms with Gasteiger partial charge in [0.25, 0.3) is 0 Å². The summed E-state index contributed by atoms with van der Waals surface area (Å²) in [6.45, 7) is 6.35. The second kappa shape index (κ2) is 3.25. The van der Waals surface area contributed by atoms with Crippen LogP contribution in [0.3, 0.4) is 0 Å². The zero-order chi connectivity index (χ0) is 5.86. The minimum absolute atomic E-state index is 0.644. The lowest BCUT2D eigenvalue weighted by Crippen LogP contribution is -1.82. The molecule has 0 N–H and O–H groups in total. The van der Waals surface area contributed by atoms with Gasteiger partial charge in [0.2, 0.25) is 0 Å². The maximum Gasteiger partial charge on any atom is -0.00665 e. The van der Waals surface area contributed by atoms with Crippen LogP contribution in [0.4, 0.5) is 0 Å². The van der Waals surface area contributed by atoms with Gasteiger partial charge in [-0.3, -0.25) is 0 Å². The molecule has 0 aliphatic rings. The van der Waals surface area contributed by atoms with Crippen LogP contribution in [0, 0.1) is 5.92 Å². The summed E-state index contributed by atoms with van der Waals surface area (Å²) in [5, 5.41) is 0. The third-order valence-corrected chi connectivity index (χ3v) is 2.20. The van der Waals surface area contributed by atoms with E-state index >= 15 is 0 Å². The average molecular weight is 163 g/mol. The molecule has 0 aliphatic heterocycles. The highest BCUT2D eigenvalue weighted by Crippen LogP contribution is 2.14. The summed E-state index contributed by atoms with van der Waals surface area (Å²) in [6, 6.07) is 0. The number of halogens is 1. The Balaban J connectivity index is 3.56. The molecule has 0 atom stereocenters. The molecule has 0 bridgehead atoms.